The summed E-state index contributed by atoms with van der Waals surface area (Å²) in [6.07, 6.45) is 3.00. The van der Waals surface area contributed by atoms with Gasteiger partial charge in [0, 0.05) is 13.6 Å². The van der Waals surface area contributed by atoms with Gasteiger partial charge in [-0.15, -0.1) is 0 Å². The largest absolute Gasteiger partial charge is 0.493 e. The number of aromatic nitrogens is 2. The number of hydrogen-bond acceptors (Lipinski definition) is 7. The Morgan fingerprint density at radius 1 is 1.22 bits per heavy atom. The maximum absolute atomic E-state index is 11.4. The molecule has 0 unspecified atom stereocenters. The van der Waals surface area contributed by atoms with E-state index in [0.717, 1.165) is 5.56 Å². The maximum atomic E-state index is 11.4. The summed E-state index contributed by atoms with van der Waals surface area (Å²) in [5.41, 5.74) is 0.898. The molecule has 27 heavy (non-hydrogen) atoms. The van der Waals surface area contributed by atoms with Crippen LogP contribution in [0, 0.1) is 10.1 Å². The minimum atomic E-state index is -0.487. The molecule has 2 heterocycles. The molecule has 0 atom stereocenters. The molecule has 0 radical (unpaired) electrons. The number of nitrogens with zero attached hydrogens (tertiary/aromatic N) is 4. The molecule has 1 aromatic carbocycles. The van der Waals surface area contributed by atoms with Gasteiger partial charge in [-0.05, 0) is 39.7 Å². The molecule has 0 aliphatic carbocycles. The summed E-state index contributed by atoms with van der Waals surface area (Å²) in [6.45, 7) is 0.739. The molecule has 142 valence electrons. The predicted molar refractivity (Wildman–Crippen MR) is 98.0 cm³/mol. The van der Waals surface area contributed by atoms with Crippen molar-refractivity contribution in [3.05, 3.63) is 64.4 Å². The maximum Gasteiger partial charge on any atom is 0.406 e. The summed E-state index contributed by atoms with van der Waals surface area (Å²) >= 11 is 0. The van der Waals surface area contributed by atoms with Gasteiger partial charge in [0.1, 0.15) is 5.76 Å². The molecule has 0 amide bonds. The fourth-order valence-corrected chi connectivity index (χ4v) is 2.90. The summed E-state index contributed by atoms with van der Waals surface area (Å²) in [6, 6.07) is 9.14. The molecule has 9 nitrogen and oxygen atoms in total. The third kappa shape index (κ3) is 3.86. The second kappa shape index (κ2) is 7.81. The molecule has 0 aliphatic rings. The zero-order valence-corrected chi connectivity index (χ0v) is 15.3. The molecule has 0 saturated heterocycles. The Morgan fingerprint density at radius 3 is 2.63 bits per heavy atom. The second-order valence-corrected chi connectivity index (χ2v) is 5.88. The molecule has 2 aromatic heterocycles. The van der Waals surface area contributed by atoms with Crippen molar-refractivity contribution in [2.24, 2.45) is 7.05 Å². The van der Waals surface area contributed by atoms with Crippen LogP contribution in [0.1, 0.15) is 11.3 Å². The molecule has 0 spiro atoms. The average Bonchev–Trinajstić information content (AvgIpc) is 3.30. The summed E-state index contributed by atoms with van der Waals surface area (Å²) in [7, 11) is 4.85. The Kier molecular flexibility index (Phi) is 5.30. The smallest absolute Gasteiger partial charge is 0.406 e. The van der Waals surface area contributed by atoms with Crippen LogP contribution >= 0.6 is 0 Å². The van der Waals surface area contributed by atoms with E-state index in [0.29, 0.717) is 36.2 Å². The van der Waals surface area contributed by atoms with Crippen molar-refractivity contribution >= 4 is 11.6 Å². The van der Waals surface area contributed by atoms with Gasteiger partial charge in [-0.1, -0.05) is 6.07 Å². The number of methoxy groups -OCH3 is 2. The highest BCUT2D eigenvalue weighted by Crippen LogP contribution is 2.32. The van der Waals surface area contributed by atoms with E-state index in [1.54, 1.807) is 44.2 Å². The van der Waals surface area contributed by atoms with Crippen molar-refractivity contribution in [3.8, 4) is 11.5 Å². The lowest BCUT2D eigenvalue weighted by molar-refractivity contribution is -0.388. The van der Waals surface area contributed by atoms with E-state index in [9.17, 15) is 10.1 Å². The van der Waals surface area contributed by atoms with E-state index >= 15 is 0 Å². The van der Waals surface area contributed by atoms with Gasteiger partial charge in [-0.3, -0.25) is 4.57 Å². The third-order valence-electron chi connectivity index (χ3n) is 4.11. The van der Waals surface area contributed by atoms with Crippen LogP contribution in [0.5, 0.6) is 11.5 Å². The number of ether oxygens (including phenoxy) is 2. The lowest BCUT2D eigenvalue weighted by Crippen LogP contribution is -2.24. The Bertz CT molecular complexity index is 920. The molecular weight excluding hydrogens is 352 g/mol. The van der Waals surface area contributed by atoms with E-state index in [1.807, 2.05) is 23.1 Å². The number of benzene rings is 1. The number of rotatable bonds is 8. The molecule has 0 N–H and O–H groups in total. The first-order valence-electron chi connectivity index (χ1n) is 8.17. The normalized spacial score (nSPS) is 10.6. The first-order chi connectivity index (χ1) is 13.0. The summed E-state index contributed by atoms with van der Waals surface area (Å²) in [5.74, 6) is 2.08. The zero-order valence-electron chi connectivity index (χ0n) is 15.3. The first-order valence-corrected chi connectivity index (χ1v) is 8.17. The lowest BCUT2D eigenvalue weighted by atomic mass is 10.2. The summed E-state index contributed by atoms with van der Waals surface area (Å²) in [5, 5.41) is 11.4. The topological polar surface area (TPSA) is 95.8 Å². The van der Waals surface area contributed by atoms with E-state index in [-0.39, 0.29) is 5.82 Å². The minimum absolute atomic E-state index is 0.204. The number of nitro groups is 1. The van der Waals surface area contributed by atoms with E-state index < -0.39 is 4.92 Å². The van der Waals surface area contributed by atoms with Crippen LogP contribution in [0.4, 0.5) is 11.6 Å². The van der Waals surface area contributed by atoms with Crippen LogP contribution in [0.15, 0.2) is 47.3 Å². The first kappa shape index (κ1) is 18.3. The Balaban J connectivity index is 1.98. The van der Waals surface area contributed by atoms with Crippen molar-refractivity contribution in [2.45, 2.75) is 13.1 Å². The number of hydrogen-bond donors (Lipinski definition) is 0. The summed E-state index contributed by atoms with van der Waals surface area (Å²) < 4.78 is 17.7. The van der Waals surface area contributed by atoms with Crippen LogP contribution in [-0.4, -0.2) is 28.7 Å². The monoisotopic (exact) mass is 372 g/mol. The number of imidazole rings is 1. The van der Waals surface area contributed by atoms with Crippen molar-refractivity contribution in [1.29, 1.82) is 0 Å². The van der Waals surface area contributed by atoms with Crippen molar-refractivity contribution < 1.29 is 18.8 Å². The van der Waals surface area contributed by atoms with Crippen LogP contribution < -0.4 is 14.4 Å². The second-order valence-electron chi connectivity index (χ2n) is 5.88. The van der Waals surface area contributed by atoms with Crippen molar-refractivity contribution in [1.82, 2.24) is 9.55 Å². The molecule has 3 rings (SSSR count). The number of aryl methyl sites for hydroxylation is 1. The van der Waals surface area contributed by atoms with Gasteiger partial charge in [-0.25, -0.2) is 0 Å². The zero-order chi connectivity index (χ0) is 19.4. The Labute approximate surface area is 155 Å². The fourth-order valence-electron chi connectivity index (χ4n) is 2.90. The Morgan fingerprint density at radius 2 is 2.00 bits per heavy atom. The third-order valence-corrected chi connectivity index (χ3v) is 4.11. The van der Waals surface area contributed by atoms with Gasteiger partial charge in [0.05, 0.1) is 27.0 Å². The molecular formula is C18H20N4O5. The van der Waals surface area contributed by atoms with Crippen LogP contribution in [0.25, 0.3) is 0 Å². The highest BCUT2D eigenvalue weighted by molar-refractivity contribution is 5.55. The summed E-state index contributed by atoms with van der Waals surface area (Å²) in [4.78, 5) is 16.7. The Hall–Kier alpha value is -3.49. The molecule has 0 fully saturated rings. The standard InChI is InChI=1S/C18H20N4O5/c1-20-12-19-17(22(23)24)18(20)21(11-14-5-4-8-27-14)10-13-6-7-15(25-2)16(9-13)26-3/h4-9,12H,10-11H2,1-3H3. The highest BCUT2D eigenvalue weighted by Gasteiger charge is 2.26. The molecule has 0 bridgehead atoms. The van der Waals surface area contributed by atoms with Crippen molar-refractivity contribution in [3.63, 3.8) is 0 Å². The van der Waals surface area contributed by atoms with Crippen molar-refractivity contribution in [2.75, 3.05) is 19.1 Å². The molecule has 3 aromatic rings. The highest BCUT2D eigenvalue weighted by atomic mass is 16.6. The average molecular weight is 372 g/mol. The molecule has 0 aliphatic heterocycles. The fraction of sp³-hybridized carbons (Fsp3) is 0.278. The quantitative estimate of drug-likeness (QED) is 0.443. The number of furan rings is 1. The molecule has 9 heteroatoms. The van der Waals surface area contributed by atoms with Gasteiger partial charge in [0.2, 0.25) is 12.1 Å². The van der Waals surface area contributed by atoms with Crippen LogP contribution in [0.2, 0.25) is 0 Å². The van der Waals surface area contributed by atoms with Gasteiger partial charge in [0.15, 0.2) is 11.5 Å². The lowest BCUT2D eigenvalue weighted by Gasteiger charge is -2.23. The van der Waals surface area contributed by atoms with Gasteiger partial charge >= 0.3 is 5.82 Å². The SMILES string of the molecule is COc1ccc(CN(Cc2ccco2)c2c([N+](=O)[O-])ncn2C)cc1OC. The predicted octanol–water partition coefficient (Wildman–Crippen LogP) is 3.15. The van der Waals surface area contributed by atoms with E-state index in [2.05, 4.69) is 4.98 Å². The van der Waals surface area contributed by atoms with Gasteiger partial charge in [-0.2, -0.15) is 0 Å². The van der Waals surface area contributed by atoms with Gasteiger partial charge in [0.25, 0.3) is 0 Å². The van der Waals surface area contributed by atoms with Crippen LogP contribution in [0.3, 0.4) is 0 Å². The molecule has 0 saturated carbocycles. The minimum Gasteiger partial charge on any atom is -0.493 e. The van der Waals surface area contributed by atoms with E-state index in [1.165, 1.54) is 6.33 Å². The van der Waals surface area contributed by atoms with Crippen LogP contribution in [-0.2, 0) is 20.1 Å². The van der Waals surface area contributed by atoms with E-state index in [4.69, 9.17) is 13.9 Å². The number of anilines is 1. The van der Waals surface area contributed by atoms with Gasteiger partial charge < -0.3 is 28.9 Å².